The van der Waals surface area contributed by atoms with Gasteiger partial charge in [0.05, 0.1) is 43.4 Å². The molecular formula is C22H34O6. The van der Waals surface area contributed by atoms with Gasteiger partial charge in [-0.3, -0.25) is 9.59 Å². The van der Waals surface area contributed by atoms with E-state index in [4.69, 9.17) is 18.9 Å². The van der Waals surface area contributed by atoms with Gasteiger partial charge in [0.15, 0.2) is 0 Å². The van der Waals surface area contributed by atoms with Crippen LogP contribution in [-0.4, -0.2) is 49.1 Å². The second kappa shape index (κ2) is 7.60. The quantitative estimate of drug-likeness (QED) is 0.644. The topological polar surface area (TPSA) is 71.1 Å². The summed E-state index contributed by atoms with van der Waals surface area (Å²) in [6.45, 7) is 6.30. The lowest BCUT2D eigenvalue weighted by atomic mass is 9.65. The molecule has 0 amide bonds. The molecule has 6 heteroatoms. The van der Waals surface area contributed by atoms with Gasteiger partial charge in [-0.15, -0.1) is 0 Å². The molecule has 6 nitrogen and oxygen atoms in total. The molecule has 0 spiro atoms. The van der Waals surface area contributed by atoms with Crippen LogP contribution in [0.25, 0.3) is 0 Å². The Balaban J connectivity index is 1.62. The number of hydrogen-bond donors (Lipinski definition) is 0. The van der Waals surface area contributed by atoms with Crippen molar-refractivity contribution in [1.29, 1.82) is 0 Å². The maximum absolute atomic E-state index is 13.4. The molecule has 158 valence electrons. The van der Waals surface area contributed by atoms with E-state index in [2.05, 4.69) is 20.8 Å². The molecule has 3 heterocycles. The van der Waals surface area contributed by atoms with Crippen molar-refractivity contribution >= 4 is 11.9 Å². The van der Waals surface area contributed by atoms with Gasteiger partial charge in [0, 0.05) is 11.8 Å². The largest absolute Gasteiger partial charge is 0.469 e. The van der Waals surface area contributed by atoms with E-state index in [1.807, 2.05) is 0 Å². The molecule has 0 aromatic heterocycles. The summed E-state index contributed by atoms with van der Waals surface area (Å²) in [7, 11) is 1.38. The fourth-order valence-electron chi connectivity index (χ4n) is 6.45. The van der Waals surface area contributed by atoms with Crippen molar-refractivity contribution in [1.82, 2.24) is 0 Å². The first-order valence-corrected chi connectivity index (χ1v) is 11.1. The van der Waals surface area contributed by atoms with Crippen molar-refractivity contribution in [3.05, 3.63) is 0 Å². The van der Waals surface area contributed by atoms with Crippen LogP contribution >= 0.6 is 0 Å². The highest BCUT2D eigenvalue weighted by atomic mass is 16.6. The van der Waals surface area contributed by atoms with Crippen molar-refractivity contribution in [2.24, 2.45) is 23.7 Å². The van der Waals surface area contributed by atoms with E-state index in [0.717, 1.165) is 44.9 Å². The fraction of sp³-hybridized carbons (Fsp3) is 0.909. The standard InChI is InChI=1S/C22H34O6/c1-5-12-14-15(13(6-2)26-12)19-17(16(18(14)27-19)20(23)25-4)21(24)28-22(7-3)10-8-9-11-22/h12-19H,5-11H2,1-4H3. The molecule has 0 N–H and O–H groups in total. The molecule has 0 radical (unpaired) electrons. The summed E-state index contributed by atoms with van der Waals surface area (Å²) >= 11 is 0. The molecule has 1 saturated carbocycles. The second-order valence-corrected chi connectivity index (χ2v) is 8.99. The Bertz CT molecular complexity index is 612. The van der Waals surface area contributed by atoms with Crippen LogP contribution in [0, 0.1) is 23.7 Å². The van der Waals surface area contributed by atoms with Crippen LogP contribution in [0.4, 0.5) is 0 Å². The van der Waals surface area contributed by atoms with Crippen LogP contribution in [0.1, 0.15) is 65.7 Å². The van der Waals surface area contributed by atoms with E-state index in [-0.39, 0.29) is 53.8 Å². The maximum atomic E-state index is 13.4. The molecule has 0 aromatic rings. The van der Waals surface area contributed by atoms with Crippen molar-refractivity contribution in [3.63, 3.8) is 0 Å². The normalized spacial score (nSPS) is 43.1. The summed E-state index contributed by atoms with van der Waals surface area (Å²) in [5.74, 6) is -1.51. The summed E-state index contributed by atoms with van der Waals surface area (Å²) in [6, 6.07) is 0. The third-order valence-corrected chi connectivity index (χ3v) is 7.85. The smallest absolute Gasteiger partial charge is 0.313 e. The minimum absolute atomic E-state index is 0.0745. The third-order valence-electron chi connectivity index (χ3n) is 7.85. The monoisotopic (exact) mass is 394 g/mol. The van der Waals surface area contributed by atoms with Crippen LogP contribution < -0.4 is 0 Å². The zero-order chi connectivity index (χ0) is 20.1. The number of esters is 2. The van der Waals surface area contributed by atoms with E-state index in [1.54, 1.807) is 0 Å². The van der Waals surface area contributed by atoms with E-state index < -0.39 is 11.8 Å². The predicted molar refractivity (Wildman–Crippen MR) is 101 cm³/mol. The van der Waals surface area contributed by atoms with Crippen LogP contribution in [-0.2, 0) is 28.5 Å². The Kier molecular flexibility index (Phi) is 5.47. The number of methoxy groups -OCH3 is 1. The Morgan fingerprint density at radius 2 is 1.43 bits per heavy atom. The Morgan fingerprint density at radius 3 is 1.89 bits per heavy atom. The Morgan fingerprint density at radius 1 is 0.893 bits per heavy atom. The molecule has 8 atom stereocenters. The highest BCUT2D eigenvalue weighted by Gasteiger charge is 2.70. The number of carbonyl (C=O) groups is 2. The lowest BCUT2D eigenvalue weighted by Gasteiger charge is -2.36. The number of ether oxygens (including phenoxy) is 4. The Labute approximate surface area is 167 Å². The van der Waals surface area contributed by atoms with Crippen LogP contribution in [0.5, 0.6) is 0 Å². The minimum Gasteiger partial charge on any atom is -0.469 e. The van der Waals surface area contributed by atoms with Gasteiger partial charge in [-0.25, -0.2) is 0 Å². The summed E-state index contributed by atoms with van der Waals surface area (Å²) in [6.07, 6.45) is 6.08. The van der Waals surface area contributed by atoms with E-state index in [0.29, 0.717) is 0 Å². The zero-order valence-corrected chi connectivity index (χ0v) is 17.5. The van der Waals surface area contributed by atoms with Gasteiger partial charge in [-0.05, 0) is 44.9 Å². The van der Waals surface area contributed by atoms with Gasteiger partial charge in [0.25, 0.3) is 0 Å². The average molecular weight is 395 g/mol. The SMILES string of the molecule is CCC1OC(CC)C2C3OC(C(C(=O)OC)C3C(=O)OC3(CC)CCCC3)C12. The average Bonchev–Trinajstić information content (AvgIpc) is 3.46. The van der Waals surface area contributed by atoms with Gasteiger partial charge in [-0.1, -0.05) is 20.8 Å². The predicted octanol–water partition coefficient (Wildman–Crippen LogP) is 3.26. The fourth-order valence-corrected chi connectivity index (χ4v) is 6.45. The molecule has 28 heavy (non-hydrogen) atoms. The van der Waals surface area contributed by atoms with Gasteiger partial charge in [0.2, 0.25) is 0 Å². The highest BCUT2D eigenvalue weighted by molar-refractivity contribution is 5.84. The van der Waals surface area contributed by atoms with Crippen molar-refractivity contribution in [2.45, 2.75) is 95.7 Å². The summed E-state index contributed by atoms with van der Waals surface area (Å²) < 4.78 is 23.8. The van der Waals surface area contributed by atoms with E-state index in [9.17, 15) is 9.59 Å². The van der Waals surface area contributed by atoms with Crippen LogP contribution in [0.3, 0.4) is 0 Å². The molecule has 4 fully saturated rings. The van der Waals surface area contributed by atoms with Crippen molar-refractivity contribution in [2.75, 3.05) is 7.11 Å². The first kappa shape index (κ1) is 20.1. The summed E-state index contributed by atoms with van der Waals surface area (Å²) in [4.78, 5) is 26.1. The summed E-state index contributed by atoms with van der Waals surface area (Å²) in [5.41, 5.74) is -0.374. The molecule has 8 unspecified atom stereocenters. The number of hydrogen-bond acceptors (Lipinski definition) is 6. The number of rotatable bonds is 6. The van der Waals surface area contributed by atoms with E-state index >= 15 is 0 Å². The molecular weight excluding hydrogens is 360 g/mol. The molecule has 1 aliphatic carbocycles. The van der Waals surface area contributed by atoms with Gasteiger partial charge in [0.1, 0.15) is 5.60 Å². The van der Waals surface area contributed by atoms with Crippen molar-refractivity contribution < 1.29 is 28.5 Å². The first-order valence-electron chi connectivity index (χ1n) is 11.1. The lowest BCUT2D eigenvalue weighted by molar-refractivity contribution is -0.173. The second-order valence-electron chi connectivity index (χ2n) is 8.99. The first-order chi connectivity index (χ1) is 13.5. The number of fused-ring (bicyclic) bond motifs is 5. The van der Waals surface area contributed by atoms with E-state index in [1.165, 1.54) is 7.11 Å². The Hall–Kier alpha value is -1.14. The highest BCUT2D eigenvalue weighted by Crippen LogP contribution is 2.58. The molecule has 2 bridgehead atoms. The van der Waals surface area contributed by atoms with Crippen LogP contribution in [0.15, 0.2) is 0 Å². The zero-order valence-electron chi connectivity index (χ0n) is 17.5. The van der Waals surface area contributed by atoms with Gasteiger partial charge in [-0.2, -0.15) is 0 Å². The molecule has 3 aliphatic heterocycles. The summed E-state index contributed by atoms with van der Waals surface area (Å²) in [5, 5.41) is 0. The van der Waals surface area contributed by atoms with Gasteiger partial charge < -0.3 is 18.9 Å². The number of carbonyl (C=O) groups excluding carboxylic acids is 2. The third kappa shape index (κ3) is 2.90. The maximum Gasteiger partial charge on any atom is 0.313 e. The molecule has 3 saturated heterocycles. The minimum atomic E-state index is -0.590. The molecule has 0 aromatic carbocycles. The lowest BCUT2D eigenvalue weighted by Crippen LogP contribution is -2.50. The molecule has 4 rings (SSSR count). The molecule has 4 aliphatic rings. The van der Waals surface area contributed by atoms with Crippen LogP contribution in [0.2, 0.25) is 0 Å². The van der Waals surface area contributed by atoms with Gasteiger partial charge >= 0.3 is 11.9 Å². The van der Waals surface area contributed by atoms with Crippen molar-refractivity contribution in [3.8, 4) is 0 Å².